The van der Waals surface area contributed by atoms with E-state index in [1.54, 1.807) is 12.0 Å². The van der Waals surface area contributed by atoms with Crippen LogP contribution in [0.4, 0.5) is 0 Å². The molecule has 1 aliphatic carbocycles. The summed E-state index contributed by atoms with van der Waals surface area (Å²) in [6.45, 7) is 1.69. The van der Waals surface area contributed by atoms with Gasteiger partial charge in [0.05, 0.1) is 17.8 Å². The molecule has 1 aliphatic heterocycles. The molecule has 2 heterocycles. The van der Waals surface area contributed by atoms with Crippen LogP contribution in [0.1, 0.15) is 34.8 Å². The van der Waals surface area contributed by atoms with Gasteiger partial charge in [-0.3, -0.25) is 0 Å². The average molecular weight is 298 g/mol. The number of aryl methyl sites for hydroxylation is 2. The maximum Gasteiger partial charge on any atom is 0.114 e. The third-order valence-electron chi connectivity index (χ3n) is 4.05. The van der Waals surface area contributed by atoms with Gasteiger partial charge in [0.15, 0.2) is 0 Å². The SMILES string of the molecule is COCCNC1(c2nc3c(s2)CCCC3)CCSC1. The molecule has 3 nitrogen and oxygen atoms in total. The summed E-state index contributed by atoms with van der Waals surface area (Å²) in [5.74, 6) is 2.40. The number of thioether (sulfide) groups is 1. The first-order valence-electron chi connectivity index (χ1n) is 7.15. The van der Waals surface area contributed by atoms with Gasteiger partial charge >= 0.3 is 0 Å². The van der Waals surface area contributed by atoms with Crippen LogP contribution in [0.3, 0.4) is 0 Å². The number of methoxy groups -OCH3 is 1. The van der Waals surface area contributed by atoms with Crippen LogP contribution in [-0.2, 0) is 23.1 Å². The van der Waals surface area contributed by atoms with E-state index in [9.17, 15) is 0 Å². The molecule has 0 radical (unpaired) electrons. The van der Waals surface area contributed by atoms with Gasteiger partial charge in [0.25, 0.3) is 0 Å². The molecule has 0 spiro atoms. The molecule has 0 amide bonds. The molecule has 0 aromatic carbocycles. The second-order valence-electron chi connectivity index (χ2n) is 5.40. The number of fused-ring (bicyclic) bond motifs is 1. The number of hydrogen-bond donors (Lipinski definition) is 1. The smallest absolute Gasteiger partial charge is 0.114 e. The van der Waals surface area contributed by atoms with Crippen molar-refractivity contribution in [2.75, 3.05) is 31.8 Å². The van der Waals surface area contributed by atoms with Crippen molar-refractivity contribution >= 4 is 23.1 Å². The van der Waals surface area contributed by atoms with E-state index >= 15 is 0 Å². The highest BCUT2D eigenvalue weighted by Gasteiger charge is 2.39. The molecule has 0 bridgehead atoms. The fourth-order valence-electron chi connectivity index (χ4n) is 2.90. The van der Waals surface area contributed by atoms with Gasteiger partial charge in [-0.15, -0.1) is 11.3 Å². The number of thiazole rings is 1. The number of nitrogens with zero attached hydrogens (tertiary/aromatic N) is 1. The van der Waals surface area contributed by atoms with Crippen LogP contribution in [0.15, 0.2) is 0 Å². The number of aromatic nitrogens is 1. The Kier molecular flexibility index (Phi) is 4.47. The van der Waals surface area contributed by atoms with Crippen LogP contribution in [0.5, 0.6) is 0 Å². The fraction of sp³-hybridized carbons (Fsp3) is 0.786. The quantitative estimate of drug-likeness (QED) is 0.847. The lowest BCUT2D eigenvalue weighted by Gasteiger charge is -2.27. The van der Waals surface area contributed by atoms with E-state index < -0.39 is 0 Å². The minimum absolute atomic E-state index is 0.116. The molecule has 0 saturated carbocycles. The van der Waals surface area contributed by atoms with E-state index in [0.717, 1.165) is 18.9 Å². The molecule has 1 fully saturated rings. The zero-order chi connectivity index (χ0) is 13.1. The first kappa shape index (κ1) is 13.9. The normalized spacial score (nSPS) is 26.6. The summed E-state index contributed by atoms with van der Waals surface area (Å²) < 4.78 is 5.18. The van der Waals surface area contributed by atoms with E-state index in [1.165, 1.54) is 48.6 Å². The monoisotopic (exact) mass is 298 g/mol. The molecule has 1 atom stereocenters. The fourth-order valence-corrected chi connectivity index (χ4v) is 5.70. The number of rotatable bonds is 5. The molecule has 19 heavy (non-hydrogen) atoms. The van der Waals surface area contributed by atoms with Gasteiger partial charge in [0.2, 0.25) is 0 Å². The van der Waals surface area contributed by atoms with Gasteiger partial charge in [-0.1, -0.05) is 0 Å². The summed E-state index contributed by atoms with van der Waals surface area (Å²) in [6.07, 6.45) is 6.29. The van der Waals surface area contributed by atoms with Crippen molar-refractivity contribution in [1.29, 1.82) is 0 Å². The number of ether oxygens (including phenoxy) is 1. The zero-order valence-electron chi connectivity index (χ0n) is 11.5. The van der Waals surface area contributed by atoms with Gasteiger partial charge in [-0.05, 0) is 37.9 Å². The molecule has 1 aromatic heterocycles. The van der Waals surface area contributed by atoms with E-state index in [2.05, 4.69) is 5.32 Å². The van der Waals surface area contributed by atoms with Gasteiger partial charge in [0.1, 0.15) is 5.01 Å². The van der Waals surface area contributed by atoms with Crippen molar-refractivity contribution in [3.63, 3.8) is 0 Å². The molecule has 106 valence electrons. The zero-order valence-corrected chi connectivity index (χ0v) is 13.2. The van der Waals surface area contributed by atoms with Crippen LogP contribution in [0, 0.1) is 0 Å². The third kappa shape index (κ3) is 2.84. The van der Waals surface area contributed by atoms with E-state index in [4.69, 9.17) is 9.72 Å². The van der Waals surface area contributed by atoms with Crippen molar-refractivity contribution in [2.24, 2.45) is 0 Å². The summed E-state index contributed by atoms with van der Waals surface area (Å²) in [7, 11) is 1.76. The molecular weight excluding hydrogens is 276 g/mol. The van der Waals surface area contributed by atoms with Crippen LogP contribution < -0.4 is 5.32 Å². The molecule has 1 N–H and O–H groups in total. The van der Waals surface area contributed by atoms with Crippen LogP contribution in [0.2, 0.25) is 0 Å². The van der Waals surface area contributed by atoms with E-state index in [1.807, 2.05) is 23.1 Å². The number of hydrogen-bond acceptors (Lipinski definition) is 5. The topological polar surface area (TPSA) is 34.1 Å². The van der Waals surface area contributed by atoms with Crippen LogP contribution >= 0.6 is 23.1 Å². The average Bonchev–Trinajstić information content (AvgIpc) is 3.06. The predicted octanol–water partition coefficient (Wildman–Crippen LogP) is 2.59. The lowest BCUT2D eigenvalue weighted by molar-refractivity contribution is 0.187. The Morgan fingerprint density at radius 2 is 2.26 bits per heavy atom. The Labute approximate surface area is 123 Å². The summed E-state index contributed by atoms with van der Waals surface area (Å²) in [5.41, 5.74) is 1.50. The van der Waals surface area contributed by atoms with E-state index in [-0.39, 0.29) is 5.54 Å². The van der Waals surface area contributed by atoms with Crippen molar-refractivity contribution < 1.29 is 4.74 Å². The molecular formula is C14H22N2OS2. The lowest BCUT2D eigenvalue weighted by atomic mass is 9.99. The third-order valence-corrected chi connectivity index (χ3v) is 6.60. The van der Waals surface area contributed by atoms with Crippen LogP contribution in [-0.4, -0.2) is 36.8 Å². The van der Waals surface area contributed by atoms with Gasteiger partial charge in [-0.25, -0.2) is 4.98 Å². The van der Waals surface area contributed by atoms with E-state index in [0.29, 0.717) is 0 Å². The second-order valence-corrected chi connectivity index (χ2v) is 7.59. The summed E-state index contributed by atoms with van der Waals surface area (Å²) in [4.78, 5) is 6.53. The molecule has 1 saturated heterocycles. The van der Waals surface area contributed by atoms with Crippen molar-refractivity contribution in [3.8, 4) is 0 Å². The largest absolute Gasteiger partial charge is 0.383 e. The second kappa shape index (κ2) is 6.12. The molecule has 2 aliphatic rings. The summed E-state index contributed by atoms with van der Waals surface area (Å²) in [6, 6.07) is 0. The van der Waals surface area contributed by atoms with Gasteiger partial charge < -0.3 is 10.1 Å². The first-order valence-corrected chi connectivity index (χ1v) is 9.12. The first-order chi connectivity index (χ1) is 9.34. The molecule has 1 aromatic rings. The minimum atomic E-state index is 0.116. The Hall–Kier alpha value is -0.100. The van der Waals surface area contributed by atoms with Crippen LogP contribution in [0.25, 0.3) is 0 Å². The molecule has 5 heteroatoms. The lowest BCUT2D eigenvalue weighted by Crippen LogP contribution is -2.44. The van der Waals surface area contributed by atoms with Gasteiger partial charge in [0, 0.05) is 24.3 Å². The predicted molar refractivity (Wildman–Crippen MR) is 82.3 cm³/mol. The Morgan fingerprint density at radius 1 is 1.37 bits per heavy atom. The summed E-state index contributed by atoms with van der Waals surface area (Å²) >= 11 is 4.00. The highest BCUT2D eigenvalue weighted by atomic mass is 32.2. The molecule has 1 unspecified atom stereocenters. The number of nitrogens with one attached hydrogen (secondary N) is 1. The maximum atomic E-state index is 5.18. The standard InChI is InChI=1S/C14H22N2OS2/c1-17-8-7-15-14(6-9-18-10-14)13-16-11-4-2-3-5-12(11)19-13/h15H,2-10H2,1H3. The summed E-state index contributed by atoms with van der Waals surface area (Å²) in [5, 5.41) is 5.06. The Morgan fingerprint density at radius 3 is 3.00 bits per heavy atom. The highest BCUT2D eigenvalue weighted by molar-refractivity contribution is 7.99. The maximum absolute atomic E-state index is 5.18. The van der Waals surface area contributed by atoms with Gasteiger partial charge in [-0.2, -0.15) is 11.8 Å². The van der Waals surface area contributed by atoms with Crippen molar-refractivity contribution in [1.82, 2.24) is 10.3 Å². The Balaban J connectivity index is 1.81. The Bertz CT molecular complexity index is 404. The van der Waals surface area contributed by atoms with Crippen molar-refractivity contribution in [2.45, 2.75) is 37.6 Å². The minimum Gasteiger partial charge on any atom is -0.383 e. The highest BCUT2D eigenvalue weighted by Crippen LogP contribution is 2.40. The van der Waals surface area contributed by atoms with Crippen molar-refractivity contribution in [3.05, 3.63) is 15.6 Å². The molecule has 3 rings (SSSR count).